The molecule has 7 nitrogen and oxygen atoms in total. The van der Waals surface area contributed by atoms with Crippen LogP contribution in [0, 0.1) is 17.7 Å². The van der Waals surface area contributed by atoms with E-state index < -0.39 is 36.4 Å². The molecule has 4 rings (SSSR count). The number of nitrogens with zero attached hydrogens (tertiary/aromatic N) is 1. The van der Waals surface area contributed by atoms with Crippen LogP contribution >= 0.6 is 0 Å². The van der Waals surface area contributed by atoms with Crippen LogP contribution in [0.1, 0.15) is 67.8 Å². The Morgan fingerprint density at radius 2 is 2.06 bits per heavy atom. The van der Waals surface area contributed by atoms with Crippen LogP contribution in [0.4, 0.5) is 9.18 Å². The van der Waals surface area contributed by atoms with Gasteiger partial charge in [0.05, 0.1) is 12.2 Å². The molecule has 1 aromatic rings. The fourth-order valence-corrected chi connectivity index (χ4v) is 4.46. The number of halogens is 1. The van der Waals surface area contributed by atoms with Crippen LogP contribution in [-0.4, -0.2) is 47.2 Å². The highest BCUT2D eigenvalue weighted by atomic mass is 19.1. The molecule has 3 aliphatic rings. The summed E-state index contributed by atoms with van der Waals surface area (Å²) in [5.41, 5.74) is 1.84. The molecule has 2 unspecified atom stereocenters. The zero-order chi connectivity index (χ0) is 23.0. The Morgan fingerprint density at radius 3 is 2.69 bits per heavy atom. The molecule has 1 aliphatic heterocycles. The molecule has 1 aromatic carbocycles. The van der Waals surface area contributed by atoms with Gasteiger partial charge in [0.15, 0.2) is 6.04 Å². The van der Waals surface area contributed by atoms with E-state index in [9.17, 15) is 23.9 Å². The third kappa shape index (κ3) is 4.36. The van der Waals surface area contributed by atoms with E-state index in [4.69, 9.17) is 9.47 Å². The molecule has 1 saturated carbocycles. The lowest BCUT2D eigenvalue weighted by atomic mass is 9.80. The average Bonchev–Trinajstić information content (AvgIpc) is 3.53. The number of cyclic esters (lactones) is 1. The first-order chi connectivity index (χ1) is 15.3. The van der Waals surface area contributed by atoms with Gasteiger partial charge < -0.3 is 14.6 Å². The van der Waals surface area contributed by atoms with Crippen LogP contribution < -0.4 is 4.74 Å². The molecule has 2 aliphatic carbocycles. The number of hydrogen-bond acceptors (Lipinski definition) is 5. The maximum Gasteiger partial charge on any atom is 0.417 e. The molecule has 3 atom stereocenters. The number of allylic oxidation sites excluding steroid dienone is 2. The molecular weight excluding hydrogens is 417 g/mol. The van der Waals surface area contributed by atoms with Gasteiger partial charge in [-0.25, -0.2) is 18.9 Å². The van der Waals surface area contributed by atoms with Crippen LogP contribution in [-0.2, 0) is 9.53 Å². The minimum Gasteiger partial charge on any atom is -0.493 e. The number of carboxylic acid groups (broad SMARTS) is 1. The number of carbonyl (C=O) groups excluding carboxylic acids is 2. The number of carbonyl (C=O) groups is 3. The van der Waals surface area contributed by atoms with Gasteiger partial charge in [-0.05, 0) is 61.5 Å². The summed E-state index contributed by atoms with van der Waals surface area (Å²) in [6, 6.07) is 1.14. The van der Waals surface area contributed by atoms with Crippen LogP contribution in [0.3, 0.4) is 0 Å². The standard InChI is InChI=1S/C24H28FNO6/c1-3-14-4-5-16(13(2)8-14)11-31-21-10-19(25)18(9-17(21)15-6-7-15)22(27)26-20(23(28)29)12-32-24(26)30/h4,9-10,13,15-16,20H,3,5-8,11-12H2,1-2H3,(H,28,29)/t13?,16?,20-/m0/s1. The fraction of sp³-hybridized carbons (Fsp3) is 0.542. The summed E-state index contributed by atoms with van der Waals surface area (Å²) in [4.78, 5) is 36.7. The van der Waals surface area contributed by atoms with E-state index in [1.54, 1.807) is 0 Å². The van der Waals surface area contributed by atoms with Crippen molar-refractivity contribution < 1.29 is 33.4 Å². The third-order valence-electron chi connectivity index (χ3n) is 6.73. The highest BCUT2D eigenvalue weighted by molar-refractivity contribution is 6.06. The van der Waals surface area contributed by atoms with Crippen molar-refractivity contribution in [2.24, 2.45) is 11.8 Å². The van der Waals surface area contributed by atoms with Crippen molar-refractivity contribution in [1.29, 1.82) is 0 Å². The van der Waals surface area contributed by atoms with Gasteiger partial charge in [-0.2, -0.15) is 0 Å². The molecule has 1 saturated heterocycles. The number of ether oxygens (including phenoxy) is 2. The number of amides is 2. The molecule has 2 fully saturated rings. The van der Waals surface area contributed by atoms with E-state index >= 15 is 0 Å². The number of carboxylic acids is 1. The SMILES string of the molecule is CCC1=CCC(COc2cc(F)c(C(=O)N3C(=O)OC[C@H]3C(=O)O)cc2C2CC2)C(C)C1. The van der Waals surface area contributed by atoms with Crippen molar-refractivity contribution in [2.75, 3.05) is 13.2 Å². The first-order valence-corrected chi connectivity index (χ1v) is 11.2. The van der Waals surface area contributed by atoms with Crippen LogP contribution in [0.25, 0.3) is 0 Å². The highest BCUT2D eigenvalue weighted by Crippen LogP contribution is 2.45. The molecule has 1 heterocycles. The third-order valence-corrected chi connectivity index (χ3v) is 6.73. The Hall–Kier alpha value is -2.90. The molecule has 32 heavy (non-hydrogen) atoms. The highest BCUT2D eigenvalue weighted by Gasteiger charge is 2.44. The topological polar surface area (TPSA) is 93.1 Å². The van der Waals surface area contributed by atoms with E-state index in [2.05, 4.69) is 19.9 Å². The number of aliphatic carboxylic acids is 1. The number of benzene rings is 1. The lowest BCUT2D eigenvalue weighted by Crippen LogP contribution is -2.43. The van der Waals surface area contributed by atoms with Crippen LogP contribution in [0.2, 0.25) is 0 Å². The van der Waals surface area contributed by atoms with Gasteiger partial charge in [-0.15, -0.1) is 0 Å². The van der Waals surface area contributed by atoms with E-state index in [0.717, 1.165) is 37.7 Å². The molecule has 172 valence electrons. The summed E-state index contributed by atoms with van der Waals surface area (Å²) in [6.07, 6.45) is 6.02. The van der Waals surface area contributed by atoms with Crippen molar-refractivity contribution in [3.63, 3.8) is 0 Å². The first kappa shape index (κ1) is 22.3. The molecule has 8 heteroatoms. The maximum atomic E-state index is 15.0. The second-order valence-electron chi connectivity index (χ2n) is 8.95. The van der Waals surface area contributed by atoms with Crippen molar-refractivity contribution in [2.45, 2.75) is 57.9 Å². The van der Waals surface area contributed by atoms with Gasteiger partial charge in [0, 0.05) is 6.07 Å². The van der Waals surface area contributed by atoms with Crippen molar-refractivity contribution in [3.8, 4) is 5.75 Å². The first-order valence-electron chi connectivity index (χ1n) is 11.2. The fourth-order valence-electron chi connectivity index (χ4n) is 4.46. The zero-order valence-electron chi connectivity index (χ0n) is 18.3. The summed E-state index contributed by atoms with van der Waals surface area (Å²) in [7, 11) is 0. The predicted molar refractivity (Wildman–Crippen MR) is 113 cm³/mol. The lowest BCUT2D eigenvalue weighted by molar-refractivity contribution is -0.140. The monoisotopic (exact) mass is 445 g/mol. The van der Waals surface area contributed by atoms with Gasteiger partial charge >= 0.3 is 12.1 Å². The molecule has 0 bridgehead atoms. The Labute approximate surface area is 186 Å². The Balaban J connectivity index is 1.55. The summed E-state index contributed by atoms with van der Waals surface area (Å²) in [5, 5.41) is 9.27. The molecule has 0 aromatic heterocycles. The molecule has 2 amide bonds. The predicted octanol–water partition coefficient (Wildman–Crippen LogP) is 4.51. The van der Waals surface area contributed by atoms with Gasteiger partial charge in [-0.1, -0.05) is 25.5 Å². The second-order valence-corrected chi connectivity index (χ2v) is 8.95. The normalized spacial score (nSPS) is 25.3. The molecule has 0 radical (unpaired) electrons. The van der Waals surface area contributed by atoms with E-state index in [0.29, 0.717) is 29.1 Å². The quantitative estimate of drug-likeness (QED) is 0.621. The van der Waals surface area contributed by atoms with E-state index in [1.165, 1.54) is 17.7 Å². The number of rotatable bonds is 7. The summed E-state index contributed by atoms with van der Waals surface area (Å²) >= 11 is 0. The van der Waals surface area contributed by atoms with Gasteiger partial charge in [0.2, 0.25) is 0 Å². The molecule has 1 N–H and O–H groups in total. The summed E-state index contributed by atoms with van der Waals surface area (Å²) < 4.78 is 25.7. The Kier molecular flexibility index (Phi) is 6.22. The maximum absolute atomic E-state index is 15.0. The Morgan fingerprint density at radius 1 is 1.31 bits per heavy atom. The van der Waals surface area contributed by atoms with E-state index in [1.807, 2.05) is 0 Å². The van der Waals surface area contributed by atoms with Gasteiger partial charge in [-0.3, -0.25) is 4.79 Å². The molecule has 0 spiro atoms. The van der Waals surface area contributed by atoms with Gasteiger partial charge in [0.25, 0.3) is 5.91 Å². The smallest absolute Gasteiger partial charge is 0.417 e. The summed E-state index contributed by atoms with van der Waals surface area (Å²) in [6.45, 7) is 4.37. The van der Waals surface area contributed by atoms with E-state index in [-0.39, 0.29) is 11.5 Å². The average molecular weight is 445 g/mol. The largest absolute Gasteiger partial charge is 0.493 e. The Bertz CT molecular complexity index is 969. The van der Waals surface area contributed by atoms with Gasteiger partial charge in [0.1, 0.15) is 18.2 Å². The number of imide groups is 1. The van der Waals surface area contributed by atoms with Crippen LogP contribution in [0.15, 0.2) is 23.8 Å². The van der Waals surface area contributed by atoms with Crippen molar-refractivity contribution in [1.82, 2.24) is 4.90 Å². The van der Waals surface area contributed by atoms with Crippen molar-refractivity contribution in [3.05, 3.63) is 40.7 Å². The number of hydrogen-bond donors (Lipinski definition) is 1. The summed E-state index contributed by atoms with van der Waals surface area (Å²) in [5.74, 6) is -1.86. The zero-order valence-corrected chi connectivity index (χ0v) is 18.3. The second kappa shape index (κ2) is 8.92. The minimum absolute atomic E-state index is 0.160. The molecular formula is C24H28FNO6. The minimum atomic E-state index is -1.47. The van der Waals surface area contributed by atoms with Crippen LogP contribution in [0.5, 0.6) is 5.75 Å². The van der Waals surface area contributed by atoms with Crippen molar-refractivity contribution >= 4 is 18.0 Å². The lowest BCUT2D eigenvalue weighted by Gasteiger charge is -2.29.